The number of carbonyl (C=O) groups excluding carboxylic acids is 1. The zero-order chi connectivity index (χ0) is 15.9. The molecule has 23 heavy (non-hydrogen) atoms. The molecule has 0 spiro atoms. The first-order chi connectivity index (χ1) is 11.3. The molecule has 1 aliphatic heterocycles. The van der Waals surface area contributed by atoms with Crippen LogP contribution < -0.4 is 10.6 Å². The van der Waals surface area contributed by atoms with Gasteiger partial charge in [-0.3, -0.25) is 0 Å². The standard InChI is InChI=1S/C17H22N4OS/c22-17(21-11-3-1-2-4-12-21)20-15-7-5-14(6-8-15)18-13-16-9-10-19-23-16/h5-10,18H,1-4,11-13H2,(H,20,22). The summed E-state index contributed by atoms with van der Waals surface area (Å²) in [5.41, 5.74) is 1.87. The van der Waals surface area contributed by atoms with Crippen LogP contribution in [0.3, 0.4) is 0 Å². The Morgan fingerprint density at radius 2 is 1.74 bits per heavy atom. The van der Waals surface area contributed by atoms with Crippen molar-refractivity contribution in [3.8, 4) is 0 Å². The highest BCUT2D eigenvalue weighted by Crippen LogP contribution is 2.17. The van der Waals surface area contributed by atoms with E-state index in [1.165, 1.54) is 29.3 Å². The molecular formula is C17H22N4OS. The molecule has 0 saturated carbocycles. The zero-order valence-corrected chi connectivity index (χ0v) is 13.9. The van der Waals surface area contributed by atoms with Crippen molar-refractivity contribution in [3.05, 3.63) is 41.4 Å². The Morgan fingerprint density at radius 1 is 1.04 bits per heavy atom. The molecule has 122 valence electrons. The van der Waals surface area contributed by atoms with Crippen LogP contribution in [-0.4, -0.2) is 28.4 Å². The maximum atomic E-state index is 12.3. The van der Waals surface area contributed by atoms with Gasteiger partial charge in [-0.15, -0.1) is 0 Å². The van der Waals surface area contributed by atoms with Crippen molar-refractivity contribution < 1.29 is 4.79 Å². The van der Waals surface area contributed by atoms with Crippen molar-refractivity contribution in [2.24, 2.45) is 0 Å². The fourth-order valence-corrected chi connectivity index (χ4v) is 3.19. The average Bonchev–Trinajstić information content (AvgIpc) is 2.94. The van der Waals surface area contributed by atoms with Crippen molar-refractivity contribution in [2.45, 2.75) is 32.2 Å². The highest BCUT2D eigenvalue weighted by molar-refractivity contribution is 7.05. The Bertz CT molecular complexity index is 604. The van der Waals surface area contributed by atoms with E-state index in [-0.39, 0.29) is 6.03 Å². The predicted octanol–water partition coefficient (Wildman–Crippen LogP) is 4.16. The lowest BCUT2D eigenvalue weighted by Gasteiger charge is -2.20. The van der Waals surface area contributed by atoms with E-state index in [1.54, 1.807) is 0 Å². The van der Waals surface area contributed by atoms with E-state index in [9.17, 15) is 4.79 Å². The molecule has 5 nitrogen and oxygen atoms in total. The molecule has 0 bridgehead atoms. The lowest BCUT2D eigenvalue weighted by molar-refractivity contribution is 0.214. The molecule has 2 heterocycles. The lowest BCUT2D eigenvalue weighted by atomic mass is 10.2. The molecule has 1 aromatic carbocycles. The molecule has 1 fully saturated rings. The molecule has 0 aliphatic carbocycles. The van der Waals surface area contributed by atoms with Gasteiger partial charge >= 0.3 is 6.03 Å². The van der Waals surface area contributed by atoms with Crippen molar-refractivity contribution in [1.82, 2.24) is 9.27 Å². The number of likely N-dealkylation sites (tertiary alicyclic amines) is 1. The molecule has 1 aliphatic rings. The third-order valence-corrected chi connectivity index (χ3v) is 4.73. The topological polar surface area (TPSA) is 57.3 Å². The van der Waals surface area contributed by atoms with E-state index < -0.39 is 0 Å². The van der Waals surface area contributed by atoms with Gasteiger partial charge in [0.1, 0.15) is 0 Å². The number of aromatic nitrogens is 1. The van der Waals surface area contributed by atoms with Crippen LogP contribution in [0.4, 0.5) is 16.2 Å². The Balaban J connectivity index is 1.51. The zero-order valence-electron chi connectivity index (χ0n) is 13.1. The molecule has 2 N–H and O–H groups in total. The van der Waals surface area contributed by atoms with E-state index in [0.29, 0.717) is 0 Å². The van der Waals surface area contributed by atoms with E-state index in [0.717, 1.165) is 43.9 Å². The maximum Gasteiger partial charge on any atom is 0.321 e. The minimum absolute atomic E-state index is 0.0114. The van der Waals surface area contributed by atoms with E-state index >= 15 is 0 Å². The smallest absolute Gasteiger partial charge is 0.321 e. The highest BCUT2D eigenvalue weighted by Gasteiger charge is 2.15. The first-order valence-corrected chi connectivity index (χ1v) is 8.88. The second-order valence-corrected chi connectivity index (χ2v) is 6.66. The summed E-state index contributed by atoms with van der Waals surface area (Å²) in [5, 5.41) is 6.33. The number of urea groups is 1. The van der Waals surface area contributed by atoms with Crippen LogP contribution in [0, 0.1) is 0 Å². The summed E-state index contributed by atoms with van der Waals surface area (Å²) in [7, 11) is 0. The van der Waals surface area contributed by atoms with Crippen molar-refractivity contribution in [2.75, 3.05) is 23.7 Å². The number of hydrogen-bond acceptors (Lipinski definition) is 4. The van der Waals surface area contributed by atoms with Gasteiger partial charge in [0.05, 0.1) is 6.54 Å². The summed E-state index contributed by atoms with van der Waals surface area (Å²) in [6, 6.07) is 9.86. The number of rotatable bonds is 4. The Labute approximate surface area is 140 Å². The molecule has 3 rings (SSSR count). The van der Waals surface area contributed by atoms with Gasteiger partial charge in [-0.2, -0.15) is 0 Å². The van der Waals surface area contributed by atoms with Crippen LogP contribution >= 0.6 is 11.5 Å². The van der Waals surface area contributed by atoms with Gasteiger partial charge in [0.25, 0.3) is 0 Å². The first-order valence-electron chi connectivity index (χ1n) is 8.11. The number of anilines is 2. The van der Waals surface area contributed by atoms with Gasteiger partial charge in [-0.05, 0) is 54.7 Å². The van der Waals surface area contributed by atoms with Crippen LogP contribution in [-0.2, 0) is 6.54 Å². The Kier molecular flexibility index (Phi) is 5.47. The van der Waals surface area contributed by atoms with E-state index in [2.05, 4.69) is 15.0 Å². The average molecular weight is 330 g/mol. The molecule has 0 atom stereocenters. The largest absolute Gasteiger partial charge is 0.380 e. The summed E-state index contributed by atoms with van der Waals surface area (Å²) < 4.78 is 4.08. The third kappa shape index (κ3) is 4.69. The molecule has 0 unspecified atom stereocenters. The number of hydrogen-bond donors (Lipinski definition) is 2. The Morgan fingerprint density at radius 3 is 2.39 bits per heavy atom. The summed E-state index contributed by atoms with van der Waals surface area (Å²) in [6.45, 7) is 2.49. The van der Waals surface area contributed by atoms with Crippen LogP contribution in [0.15, 0.2) is 36.5 Å². The monoisotopic (exact) mass is 330 g/mol. The summed E-state index contributed by atoms with van der Waals surface area (Å²) in [6.07, 6.45) is 6.47. The van der Waals surface area contributed by atoms with Crippen LogP contribution in [0.2, 0.25) is 0 Å². The van der Waals surface area contributed by atoms with Crippen LogP contribution in [0.25, 0.3) is 0 Å². The van der Waals surface area contributed by atoms with Crippen LogP contribution in [0.1, 0.15) is 30.6 Å². The van der Waals surface area contributed by atoms with E-state index in [4.69, 9.17) is 0 Å². The highest BCUT2D eigenvalue weighted by atomic mass is 32.1. The molecule has 0 radical (unpaired) electrons. The van der Waals surface area contributed by atoms with Crippen molar-refractivity contribution in [3.63, 3.8) is 0 Å². The number of nitrogens with one attached hydrogen (secondary N) is 2. The number of carbonyl (C=O) groups is 1. The lowest BCUT2D eigenvalue weighted by Crippen LogP contribution is -2.35. The summed E-state index contributed by atoms with van der Waals surface area (Å²) in [5.74, 6) is 0. The predicted molar refractivity (Wildman–Crippen MR) is 94.9 cm³/mol. The fourth-order valence-electron chi connectivity index (χ4n) is 2.67. The second kappa shape index (κ2) is 7.97. The van der Waals surface area contributed by atoms with Gasteiger partial charge < -0.3 is 15.5 Å². The maximum absolute atomic E-state index is 12.3. The number of nitrogens with zero attached hydrogens (tertiary/aromatic N) is 2. The molecule has 6 heteroatoms. The molecule has 2 amide bonds. The third-order valence-electron chi connectivity index (χ3n) is 3.99. The molecule has 2 aromatic rings. The SMILES string of the molecule is O=C(Nc1ccc(NCc2ccns2)cc1)N1CCCCCC1. The van der Waals surface area contributed by atoms with Gasteiger partial charge in [-0.1, -0.05) is 12.8 Å². The minimum Gasteiger partial charge on any atom is -0.380 e. The molecular weight excluding hydrogens is 308 g/mol. The van der Waals surface area contributed by atoms with Crippen molar-refractivity contribution >= 4 is 28.9 Å². The number of benzene rings is 1. The van der Waals surface area contributed by atoms with Crippen LogP contribution in [0.5, 0.6) is 0 Å². The fraction of sp³-hybridized carbons (Fsp3) is 0.412. The molecule has 1 aromatic heterocycles. The van der Waals surface area contributed by atoms with Gasteiger partial charge in [0.15, 0.2) is 0 Å². The summed E-state index contributed by atoms with van der Waals surface area (Å²) in [4.78, 5) is 15.4. The van der Waals surface area contributed by atoms with Crippen molar-refractivity contribution in [1.29, 1.82) is 0 Å². The van der Waals surface area contributed by atoms with Gasteiger partial charge in [0.2, 0.25) is 0 Å². The molecule has 1 saturated heterocycles. The van der Waals surface area contributed by atoms with E-state index in [1.807, 2.05) is 41.4 Å². The van der Waals surface area contributed by atoms with Gasteiger partial charge in [0, 0.05) is 35.5 Å². The minimum atomic E-state index is 0.0114. The summed E-state index contributed by atoms with van der Waals surface area (Å²) >= 11 is 1.50. The number of amides is 2. The van der Waals surface area contributed by atoms with Gasteiger partial charge in [-0.25, -0.2) is 9.17 Å². The second-order valence-electron chi connectivity index (χ2n) is 5.74. The quantitative estimate of drug-likeness (QED) is 0.885. The Hall–Kier alpha value is -2.08. The first kappa shape index (κ1) is 15.8. The normalized spacial score (nSPS) is 15.0.